The molecule has 0 saturated carbocycles. The van der Waals surface area contributed by atoms with E-state index in [-0.39, 0.29) is 24.9 Å². The van der Waals surface area contributed by atoms with Crippen LogP contribution in [0.25, 0.3) is 0 Å². The number of carbonyl (C=O) groups is 2. The molecule has 0 N–H and O–H groups in total. The number of rotatable bonds is 8. The van der Waals surface area contributed by atoms with Crippen molar-refractivity contribution < 1.29 is 23.8 Å². The maximum atomic E-state index is 13.6. The normalized spacial score (nSPS) is 18.3. The van der Waals surface area contributed by atoms with Crippen molar-refractivity contribution in [1.29, 1.82) is 0 Å². The first-order valence-corrected chi connectivity index (χ1v) is 11.4. The average molecular weight is 460 g/mol. The van der Waals surface area contributed by atoms with Gasteiger partial charge in [-0.05, 0) is 44.0 Å². The maximum absolute atomic E-state index is 13.6. The van der Waals surface area contributed by atoms with Crippen molar-refractivity contribution in [2.75, 3.05) is 24.7 Å². The summed E-state index contributed by atoms with van der Waals surface area (Å²) in [6.45, 7) is 8.92. The Hall–Kier alpha value is -2.57. The monoisotopic (exact) mass is 459 g/mol. The van der Waals surface area contributed by atoms with Gasteiger partial charge in [0.05, 0.1) is 19.6 Å². The summed E-state index contributed by atoms with van der Waals surface area (Å²) < 4.78 is 17.3. The molecule has 1 amide bonds. The topological polar surface area (TPSA) is 65.1 Å². The number of ether oxygens (including phenoxy) is 3. The number of halogens is 1. The van der Waals surface area contributed by atoms with Crippen molar-refractivity contribution in [3.63, 3.8) is 0 Å². The number of carbonyl (C=O) groups excluding carboxylic acids is 2. The van der Waals surface area contributed by atoms with Gasteiger partial charge in [-0.1, -0.05) is 43.6 Å². The van der Waals surface area contributed by atoms with Crippen LogP contribution in [-0.2, 0) is 19.1 Å². The minimum Gasteiger partial charge on any atom is -0.493 e. The van der Waals surface area contributed by atoms with Crippen molar-refractivity contribution in [3.05, 3.63) is 58.6 Å². The zero-order valence-electron chi connectivity index (χ0n) is 19.0. The maximum Gasteiger partial charge on any atom is 0.308 e. The third-order valence-electron chi connectivity index (χ3n) is 5.11. The molecule has 2 aromatic rings. The van der Waals surface area contributed by atoms with Gasteiger partial charge in [0, 0.05) is 28.4 Å². The van der Waals surface area contributed by atoms with E-state index >= 15 is 0 Å². The number of hydrogen-bond acceptors (Lipinski definition) is 5. The second-order valence-corrected chi connectivity index (χ2v) is 8.47. The molecule has 0 saturated heterocycles. The molecule has 2 aromatic carbocycles. The second kappa shape index (κ2) is 10.8. The molecular formula is C25H30ClNO5. The summed E-state index contributed by atoms with van der Waals surface area (Å²) in [6.07, 6.45) is -1.82. The third-order valence-corrected chi connectivity index (χ3v) is 5.35. The van der Waals surface area contributed by atoms with Gasteiger partial charge < -0.3 is 19.1 Å². The molecule has 0 bridgehead atoms. The predicted octanol–water partition coefficient (Wildman–Crippen LogP) is 5.17. The third kappa shape index (κ3) is 5.43. The number of esters is 1. The van der Waals surface area contributed by atoms with Gasteiger partial charge in [0.25, 0.3) is 5.91 Å². The number of fused-ring (bicyclic) bond motifs is 1. The van der Waals surface area contributed by atoms with E-state index in [1.165, 1.54) is 0 Å². The molecule has 2 atom stereocenters. The summed E-state index contributed by atoms with van der Waals surface area (Å²) in [6, 6.07) is 13.0. The highest BCUT2D eigenvalue weighted by atomic mass is 35.5. The van der Waals surface area contributed by atoms with Gasteiger partial charge in [-0.15, -0.1) is 0 Å². The van der Waals surface area contributed by atoms with Crippen molar-refractivity contribution in [3.8, 4) is 5.75 Å². The van der Waals surface area contributed by atoms with Gasteiger partial charge in [0.15, 0.2) is 0 Å². The van der Waals surface area contributed by atoms with Crippen LogP contribution in [0.4, 0.5) is 5.69 Å². The fourth-order valence-corrected chi connectivity index (χ4v) is 4.04. The van der Waals surface area contributed by atoms with Crippen LogP contribution in [0.1, 0.15) is 51.3 Å². The summed E-state index contributed by atoms with van der Waals surface area (Å²) in [4.78, 5) is 27.6. The second-order valence-electron chi connectivity index (χ2n) is 8.03. The lowest BCUT2D eigenvalue weighted by Gasteiger charge is -2.26. The summed E-state index contributed by atoms with van der Waals surface area (Å²) in [5, 5.41) is 0.534. The summed E-state index contributed by atoms with van der Waals surface area (Å²) in [7, 11) is 0. The molecule has 0 fully saturated rings. The Kier molecular flexibility index (Phi) is 8.15. The van der Waals surface area contributed by atoms with Gasteiger partial charge >= 0.3 is 5.97 Å². The lowest BCUT2D eigenvalue weighted by molar-refractivity contribution is -0.151. The summed E-state index contributed by atoms with van der Waals surface area (Å²) >= 11 is 6.37. The molecule has 172 valence electrons. The SMILES string of the molecule is CCOC(=O)C[C@H]1O[C@H](c2ccccc2OCC)c2cc(Cl)ccc2N(CC(C)C)C1=O. The van der Waals surface area contributed by atoms with Crippen LogP contribution < -0.4 is 9.64 Å². The molecule has 32 heavy (non-hydrogen) atoms. The lowest BCUT2D eigenvalue weighted by atomic mass is 9.98. The summed E-state index contributed by atoms with van der Waals surface area (Å²) in [5.41, 5.74) is 2.24. The molecule has 1 heterocycles. The van der Waals surface area contributed by atoms with E-state index in [4.69, 9.17) is 25.8 Å². The number of amides is 1. The molecule has 0 radical (unpaired) electrons. The Morgan fingerprint density at radius 2 is 1.88 bits per heavy atom. The van der Waals surface area contributed by atoms with Gasteiger partial charge in [-0.2, -0.15) is 0 Å². The minimum atomic E-state index is -1.00. The molecule has 6 nitrogen and oxygen atoms in total. The van der Waals surface area contributed by atoms with Crippen molar-refractivity contribution in [2.45, 2.75) is 46.3 Å². The average Bonchev–Trinajstić information content (AvgIpc) is 2.85. The zero-order valence-corrected chi connectivity index (χ0v) is 19.7. The van der Waals surface area contributed by atoms with Crippen LogP contribution in [0, 0.1) is 5.92 Å². The van der Waals surface area contributed by atoms with E-state index in [0.717, 1.165) is 16.8 Å². The van der Waals surface area contributed by atoms with E-state index in [9.17, 15) is 9.59 Å². The van der Waals surface area contributed by atoms with E-state index in [2.05, 4.69) is 0 Å². The highest BCUT2D eigenvalue weighted by Gasteiger charge is 2.39. The van der Waals surface area contributed by atoms with E-state index in [1.807, 2.05) is 57.2 Å². The van der Waals surface area contributed by atoms with E-state index in [1.54, 1.807) is 17.9 Å². The lowest BCUT2D eigenvalue weighted by Crippen LogP contribution is -2.42. The highest BCUT2D eigenvalue weighted by molar-refractivity contribution is 6.30. The minimum absolute atomic E-state index is 0.170. The highest BCUT2D eigenvalue weighted by Crippen LogP contribution is 2.42. The van der Waals surface area contributed by atoms with Crippen molar-refractivity contribution >= 4 is 29.2 Å². The largest absolute Gasteiger partial charge is 0.493 e. The predicted molar refractivity (Wildman–Crippen MR) is 124 cm³/mol. The Morgan fingerprint density at radius 3 is 2.56 bits per heavy atom. The van der Waals surface area contributed by atoms with Gasteiger partial charge in [0.2, 0.25) is 0 Å². The quantitative estimate of drug-likeness (QED) is 0.509. The number of para-hydroxylation sites is 1. The Balaban J connectivity index is 2.17. The first-order valence-electron chi connectivity index (χ1n) is 11.0. The van der Waals surface area contributed by atoms with Gasteiger partial charge in [-0.25, -0.2) is 0 Å². The Bertz CT molecular complexity index is 961. The number of hydrogen-bond donors (Lipinski definition) is 0. The molecule has 3 rings (SSSR count). The van der Waals surface area contributed by atoms with E-state index < -0.39 is 18.2 Å². The smallest absolute Gasteiger partial charge is 0.308 e. The summed E-state index contributed by atoms with van der Waals surface area (Å²) in [5.74, 6) is 0.117. The number of anilines is 1. The fraction of sp³-hybridized carbons (Fsp3) is 0.440. The molecule has 0 unspecified atom stereocenters. The standard InChI is InChI=1S/C25H30ClNO5/c1-5-30-21-10-8-7-9-18(21)24-19-13-17(26)11-12-20(19)27(15-16(3)4)25(29)22(32-24)14-23(28)31-6-2/h7-13,16,22,24H,5-6,14-15H2,1-4H3/t22-,24-/m1/s1. The molecule has 7 heteroatoms. The van der Waals surface area contributed by atoms with Crippen LogP contribution in [0.3, 0.4) is 0 Å². The fourth-order valence-electron chi connectivity index (χ4n) is 3.85. The Labute approximate surface area is 194 Å². The molecule has 1 aliphatic rings. The van der Waals surface area contributed by atoms with Crippen LogP contribution in [0.2, 0.25) is 5.02 Å². The molecular weight excluding hydrogens is 430 g/mol. The Morgan fingerprint density at radius 1 is 1.12 bits per heavy atom. The molecule has 0 aromatic heterocycles. The van der Waals surface area contributed by atoms with Crippen LogP contribution in [-0.4, -0.2) is 37.7 Å². The van der Waals surface area contributed by atoms with Crippen LogP contribution in [0.5, 0.6) is 5.75 Å². The number of nitrogens with zero attached hydrogens (tertiary/aromatic N) is 1. The van der Waals surface area contributed by atoms with Crippen LogP contribution >= 0.6 is 11.6 Å². The van der Waals surface area contributed by atoms with Gasteiger partial charge in [0.1, 0.15) is 18.0 Å². The zero-order chi connectivity index (χ0) is 23.3. The van der Waals surface area contributed by atoms with Crippen molar-refractivity contribution in [2.24, 2.45) is 5.92 Å². The van der Waals surface area contributed by atoms with Crippen LogP contribution in [0.15, 0.2) is 42.5 Å². The first kappa shape index (κ1) is 24.1. The first-order chi connectivity index (χ1) is 15.3. The van der Waals surface area contributed by atoms with Crippen molar-refractivity contribution in [1.82, 2.24) is 0 Å². The van der Waals surface area contributed by atoms with E-state index in [0.29, 0.717) is 23.9 Å². The molecule has 0 spiro atoms. The van der Waals surface area contributed by atoms with Gasteiger partial charge in [-0.3, -0.25) is 9.59 Å². The number of benzene rings is 2. The molecule has 1 aliphatic heterocycles. The molecule has 0 aliphatic carbocycles.